The van der Waals surface area contributed by atoms with Gasteiger partial charge >= 0.3 is 0 Å². The molecule has 0 heterocycles. The van der Waals surface area contributed by atoms with Crippen LogP contribution in [0.2, 0.25) is 0 Å². The molecule has 1 unspecified atom stereocenters. The quantitative estimate of drug-likeness (QED) is 0.617. The highest BCUT2D eigenvalue weighted by Gasteiger charge is 2.22. The van der Waals surface area contributed by atoms with E-state index in [1.54, 1.807) is 6.92 Å². The van der Waals surface area contributed by atoms with Crippen LogP contribution in [-0.2, 0) is 17.0 Å². The van der Waals surface area contributed by atoms with E-state index in [9.17, 15) is 5.11 Å². The third-order valence-electron chi connectivity index (χ3n) is 3.00. The minimum atomic E-state index is -0.946. The van der Waals surface area contributed by atoms with Crippen LogP contribution in [-0.4, -0.2) is 11.7 Å². The van der Waals surface area contributed by atoms with Gasteiger partial charge in [0, 0.05) is 0 Å². The summed E-state index contributed by atoms with van der Waals surface area (Å²) in [5.41, 5.74) is 3.83. The summed E-state index contributed by atoms with van der Waals surface area (Å²) in [5.74, 6) is 0. The zero-order valence-corrected chi connectivity index (χ0v) is 11.0. The van der Waals surface area contributed by atoms with Crippen molar-refractivity contribution in [2.75, 3.05) is 6.54 Å². The van der Waals surface area contributed by atoms with Crippen molar-refractivity contribution in [3.05, 3.63) is 71.8 Å². The molecule has 1 atom stereocenters. The summed E-state index contributed by atoms with van der Waals surface area (Å²) >= 11 is 0. The van der Waals surface area contributed by atoms with Gasteiger partial charge in [0.05, 0.1) is 13.2 Å². The lowest BCUT2D eigenvalue weighted by Gasteiger charge is -2.24. The van der Waals surface area contributed by atoms with Gasteiger partial charge in [0.1, 0.15) is 5.60 Å². The Kier molecular flexibility index (Phi) is 4.68. The lowest BCUT2D eigenvalue weighted by atomic mass is 9.96. The molecule has 0 bridgehead atoms. The van der Waals surface area contributed by atoms with Crippen LogP contribution in [0.4, 0.5) is 0 Å². The van der Waals surface area contributed by atoms with Crippen LogP contribution in [0.1, 0.15) is 18.1 Å². The minimum Gasteiger partial charge on any atom is -0.384 e. The van der Waals surface area contributed by atoms with Crippen LogP contribution in [0.3, 0.4) is 0 Å². The van der Waals surface area contributed by atoms with Gasteiger partial charge < -0.3 is 5.11 Å². The molecule has 0 aliphatic carbocycles. The van der Waals surface area contributed by atoms with Crippen LogP contribution < -0.4 is 5.48 Å². The fourth-order valence-corrected chi connectivity index (χ4v) is 1.80. The second kappa shape index (κ2) is 6.48. The maximum Gasteiger partial charge on any atom is 0.102 e. The summed E-state index contributed by atoms with van der Waals surface area (Å²) in [6, 6.07) is 19.5. The fraction of sp³-hybridized carbons (Fsp3) is 0.250. The standard InChI is InChI=1S/C16H19NO2/c1-16(18,15-10-6-3-7-11-15)13-17-19-12-14-8-4-2-5-9-14/h2-11,17-18H,12-13H2,1H3. The van der Waals surface area contributed by atoms with E-state index in [-0.39, 0.29) is 0 Å². The molecule has 0 aliphatic rings. The van der Waals surface area contributed by atoms with E-state index in [0.29, 0.717) is 13.2 Å². The van der Waals surface area contributed by atoms with Gasteiger partial charge in [-0.3, -0.25) is 4.84 Å². The molecule has 2 aromatic rings. The molecule has 0 amide bonds. The van der Waals surface area contributed by atoms with Crippen molar-refractivity contribution in [2.24, 2.45) is 0 Å². The Morgan fingerprint density at radius 1 is 1.00 bits per heavy atom. The largest absolute Gasteiger partial charge is 0.384 e. The van der Waals surface area contributed by atoms with Gasteiger partial charge in [-0.25, -0.2) is 0 Å². The molecule has 19 heavy (non-hydrogen) atoms. The second-order valence-corrected chi connectivity index (χ2v) is 4.74. The molecule has 0 saturated carbocycles. The predicted octanol–water partition coefficient (Wildman–Crippen LogP) is 2.62. The molecule has 0 aliphatic heterocycles. The summed E-state index contributed by atoms with van der Waals surface area (Å²) < 4.78 is 0. The highest BCUT2D eigenvalue weighted by molar-refractivity contribution is 5.21. The number of rotatable bonds is 6. The van der Waals surface area contributed by atoms with Gasteiger partial charge in [0.25, 0.3) is 0 Å². The summed E-state index contributed by atoms with van der Waals surface area (Å²) in [6.07, 6.45) is 0. The summed E-state index contributed by atoms with van der Waals surface area (Å²) in [5, 5.41) is 10.3. The van der Waals surface area contributed by atoms with E-state index in [1.165, 1.54) is 0 Å². The van der Waals surface area contributed by atoms with E-state index in [1.807, 2.05) is 60.7 Å². The predicted molar refractivity (Wildman–Crippen MR) is 75.2 cm³/mol. The van der Waals surface area contributed by atoms with Crippen molar-refractivity contribution < 1.29 is 9.94 Å². The molecule has 0 spiro atoms. The molecule has 3 nitrogen and oxygen atoms in total. The van der Waals surface area contributed by atoms with E-state index < -0.39 is 5.60 Å². The summed E-state index contributed by atoms with van der Waals surface area (Å²) in [7, 11) is 0. The molecule has 0 saturated heterocycles. The first-order valence-corrected chi connectivity index (χ1v) is 6.35. The first kappa shape index (κ1) is 13.7. The van der Waals surface area contributed by atoms with Crippen molar-refractivity contribution >= 4 is 0 Å². The molecular weight excluding hydrogens is 238 g/mol. The fourth-order valence-electron chi connectivity index (χ4n) is 1.80. The average molecular weight is 257 g/mol. The Morgan fingerprint density at radius 3 is 2.21 bits per heavy atom. The van der Waals surface area contributed by atoms with Gasteiger partial charge in [-0.2, -0.15) is 5.48 Å². The van der Waals surface area contributed by atoms with Gasteiger partial charge in [-0.1, -0.05) is 60.7 Å². The van der Waals surface area contributed by atoms with Crippen LogP contribution in [0.5, 0.6) is 0 Å². The Morgan fingerprint density at radius 2 is 1.58 bits per heavy atom. The number of aliphatic hydroxyl groups is 1. The molecule has 3 heteroatoms. The Balaban J connectivity index is 1.79. The van der Waals surface area contributed by atoms with Crippen molar-refractivity contribution in [3.63, 3.8) is 0 Å². The SMILES string of the molecule is CC(O)(CNOCc1ccccc1)c1ccccc1. The first-order chi connectivity index (χ1) is 9.18. The van der Waals surface area contributed by atoms with E-state index in [2.05, 4.69) is 5.48 Å². The topological polar surface area (TPSA) is 41.5 Å². The van der Waals surface area contributed by atoms with Crippen molar-refractivity contribution in [2.45, 2.75) is 19.1 Å². The van der Waals surface area contributed by atoms with Gasteiger partial charge in [0.2, 0.25) is 0 Å². The number of hydrogen-bond donors (Lipinski definition) is 2. The number of hydrogen-bond acceptors (Lipinski definition) is 3. The van der Waals surface area contributed by atoms with E-state index >= 15 is 0 Å². The van der Waals surface area contributed by atoms with Crippen LogP contribution >= 0.6 is 0 Å². The van der Waals surface area contributed by atoms with Crippen molar-refractivity contribution in [1.29, 1.82) is 0 Å². The zero-order valence-electron chi connectivity index (χ0n) is 11.0. The Hall–Kier alpha value is -1.68. The average Bonchev–Trinajstić information content (AvgIpc) is 2.46. The first-order valence-electron chi connectivity index (χ1n) is 6.35. The molecule has 2 N–H and O–H groups in total. The van der Waals surface area contributed by atoms with Gasteiger partial charge in [-0.15, -0.1) is 0 Å². The monoisotopic (exact) mass is 257 g/mol. The smallest absolute Gasteiger partial charge is 0.102 e. The Bertz CT molecular complexity index is 483. The third-order valence-corrected chi connectivity index (χ3v) is 3.00. The maximum atomic E-state index is 10.3. The van der Waals surface area contributed by atoms with Crippen molar-refractivity contribution in [3.8, 4) is 0 Å². The van der Waals surface area contributed by atoms with Gasteiger partial charge in [-0.05, 0) is 18.1 Å². The third kappa shape index (κ3) is 4.17. The van der Waals surface area contributed by atoms with Crippen LogP contribution in [0.15, 0.2) is 60.7 Å². The van der Waals surface area contributed by atoms with Crippen molar-refractivity contribution in [1.82, 2.24) is 5.48 Å². The number of benzene rings is 2. The normalized spacial score (nSPS) is 14.0. The summed E-state index contributed by atoms with van der Waals surface area (Å²) in [4.78, 5) is 5.37. The van der Waals surface area contributed by atoms with E-state index in [0.717, 1.165) is 11.1 Å². The molecule has 0 aromatic heterocycles. The molecule has 2 rings (SSSR count). The molecule has 2 aromatic carbocycles. The maximum absolute atomic E-state index is 10.3. The highest BCUT2D eigenvalue weighted by Crippen LogP contribution is 2.18. The van der Waals surface area contributed by atoms with Gasteiger partial charge in [0.15, 0.2) is 0 Å². The summed E-state index contributed by atoms with van der Waals surface area (Å²) in [6.45, 7) is 2.58. The molecular formula is C16H19NO2. The lowest BCUT2D eigenvalue weighted by Crippen LogP contribution is -2.35. The Labute approximate surface area is 113 Å². The lowest BCUT2D eigenvalue weighted by molar-refractivity contribution is -0.0334. The van der Waals surface area contributed by atoms with E-state index in [4.69, 9.17) is 4.84 Å². The minimum absolute atomic E-state index is 0.337. The molecule has 100 valence electrons. The molecule has 0 fully saturated rings. The molecule has 0 radical (unpaired) electrons. The second-order valence-electron chi connectivity index (χ2n) is 4.74. The van der Waals surface area contributed by atoms with Crippen LogP contribution in [0, 0.1) is 0 Å². The highest BCUT2D eigenvalue weighted by atomic mass is 16.6. The number of hydroxylamine groups is 1. The number of nitrogens with one attached hydrogen (secondary N) is 1. The van der Waals surface area contributed by atoms with Crippen LogP contribution in [0.25, 0.3) is 0 Å². The zero-order chi connectivity index (χ0) is 13.6.